The van der Waals surface area contributed by atoms with Crippen molar-refractivity contribution in [1.29, 1.82) is 0 Å². The fourth-order valence-corrected chi connectivity index (χ4v) is 1.37. The average Bonchev–Trinajstić information content (AvgIpc) is 2.34. The molecule has 0 saturated heterocycles. The first-order valence-electron chi connectivity index (χ1n) is 5.16. The first-order valence-corrected chi connectivity index (χ1v) is 5.16. The molecule has 4 N–H and O–H groups in total. The monoisotopic (exact) mass is 245 g/mol. The zero-order valence-corrected chi connectivity index (χ0v) is 9.60. The van der Waals surface area contributed by atoms with E-state index in [1.54, 1.807) is 31.2 Å². The highest BCUT2D eigenvalue weighted by molar-refractivity contribution is 5.93. The van der Waals surface area contributed by atoms with Crippen molar-refractivity contribution >= 4 is 17.4 Å². The number of aromatic nitrogens is 3. The van der Waals surface area contributed by atoms with Crippen molar-refractivity contribution in [2.45, 2.75) is 6.92 Å². The van der Waals surface area contributed by atoms with E-state index >= 15 is 0 Å². The van der Waals surface area contributed by atoms with Gasteiger partial charge in [0.25, 0.3) is 0 Å². The summed E-state index contributed by atoms with van der Waals surface area (Å²) in [5.74, 6) is -0.126. The summed E-state index contributed by atoms with van der Waals surface area (Å²) in [6, 6.07) is 6.51. The van der Waals surface area contributed by atoms with Crippen molar-refractivity contribution in [2.24, 2.45) is 5.73 Å². The van der Waals surface area contributed by atoms with E-state index in [1.807, 2.05) is 0 Å². The van der Waals surface area contributed by atoms with E-state index in [-0.39, 0.29) is 0 Å². The van der Waals surface area contributed by atoms with Crippen LogP contribution < -0.4 is 16.7 Å². The summed E-state index contributed by atoms with van der Waals surface area (Å²) < 4.78 is 0. The smallest absolute Gasteiger partial charge is 0.363 e. The molecule has 7 heteroatoms. The van der Waals surface area contributed by atoms with Gasteiger partial charge < -0.3 is 11.1 Å². The topological polar surface area (TPSA) is 114 Å². The molecule has 0 unspecified atom stereocenters. The highest BCUT2D eigenvalue weighted by atomic mass is 16.1. The zero-order valence-electron chi connectivity index (χ0n) is 9.60. The molecule has 0 aliphatic heterocycles. The minimum absolute atomic E-state index is 0.366. The molecule has 0 saturated carbocycles. The number of hydrogen-bond acceptors (Lipinski definition) is 5. The Bertz CT molecular complexity index is 633. The minimum atomic E-state index is -0.531. The van der Waals surface area contributed by atoms with Crippen molar-refractivity contribution < 1.29 is 4.79 Å². The molecule has 1 amide bonds. The third-order valence-corrected chi connectivity index (χ3v) is 2.31. The molecule has 1 heterocycles. The Labute approximate surface area is 102 Å². The highest BCUT2D eigenvalue weighted by Crippen LogP contribution is 2.15. The fourth-order valence-electron chi connectivity index (χ4n) is 1.37. The Kier molecular flexibility index (Phi) is 3.05. The molecule has 2 aromatic rings. The van der Waals surface area contributed by atoms with Crippen molar-refractivity contribution in [1.82, 2.24) is 15.2 Å². The molecule has 7 nitrogen and oxygen atoms in total. The second kappa shape index (κ2) is 4.66. The van der Waals surface area contributed by atoms with E-state index in [0.717, 1.165) is 0 Å². The van der Waals surface area contributed by atoms with Gasteiger partial charge >= 0.3 is 5.69 Å². The van der Waals surface area contributed by atoms with E-state index < -0.39 is 11.6 Å². The fraction of sp³-hybridized carbons (Fsp3) is 0.0909. The number of hydrogen-bond donors (Lipinski definition) is 3. The molecule has 0 fully saturated rings. The van der Waals surface area contributed by atoms with Crippen LogP contribution >= 0.6 is 0 Å². The van der Waals surface area contributed by atoms with E-state index in [4.69, 9.17) is 5.73 Å². The number of aromatic amines is 1. The molecular formula is C11H11N5O2. The normalized spacial score (nSPS) is 10.1. The van der Waals surface area contributed by atoms with Crippen LogP contribution in [0.4, 0.5) is 11.5 Å². The third kappa shape index (κ3) is 2.51. The van der Waals surface area contributed by atoms with Crippen LogP contribution in [-0.2, 0) is 0 Å². The predicted octanol–water partition coefficient (Wildman–Crippen LogP) is 0.316. The second-order valence-electron chi connectivity index (χ2n) is 3.64. The van der Waals surface area contributed by atoms with Crippen LogP contribution in [0, 0.1) is 6.92 Å². The van der Waals surface area contributed by atoms with Gasteiger partial charge in [0.15, 0.2) is 5.82 Å². The number of nitrogens with one attached hydrogen (secondary N) is 2. The van der Waals surface area contributed by atoms with Crippen molar-refractivity contribution in [3.05, 3.63) is 46.0 Å². The van der Waals surface area contributed by atoms with Gasteiger partial charge in [0.1, 0.15) is 5.69 Å². The number of primary amides is 1. The van der Waals surface area contributed by atoms with Crippen LogP contribution in [0.3, 0.4) is 0 Å². The predicted molar refractivity (Wildman–Crippen MR) is 65.6 cm³/mol. The van der Waals surface area contributed by atoms with Gasteiger partial charge in [-0.3, -0.25) is 4.79 Å². The lowest BCUT2D eigenvalue weighted by atomic mass is 10.2. The number of nitrogens with two attached hydrogens (primary N) is 1. The quantitative estimate of drug-likeness (QED) is 0.720. The molecule has 0 atom stereocenters. The highest BCUT2D eigenvalue weighted by Gasteiger charge is 2.04. The number of rotatable bonds is 3. The average molecular weight is 245 g/mol. The standard InChI is InChI=1S/C11H11N5O2/c1-6-10(14-11(18)16-15-6)13-8-4-2-7(3-5-8)9(12)17/h2-5H,1H3,(H2,12,17)(H2,13,14,16,18). The molecule has 18 heavy (non-hydrogen) atoms. The van der Waals surface area contributed by atoms with Crippen LogP contribution in [0.15, 0.2) is 29.1 Å². The summed E-state index contributed by atoms with van der Waals surface area (Å²) in [5, 5.41) is 8.95. The molecule has 0 spiro atoms. The first kappa shape index (κ1) is 11.8. The first-order chi connectivity index (χ1) is 8.56. The molecule has 0 aliphatic rings. The van der Waals surface area contributed by atoms with E-state index in [2.05, 4.69) is 20.5 Å². The SMILES string of the molecule is Cc1n[nH]c(=O)nc1Nc1ccc(C(N)=O)cc1. The van der Waals surface area contributed by atoms with Gasteiger partial charge in [0.2, 0.25) is 5.91 Å². The second-order valence-corrected chi connectivity index (χ2v) is 3.64. The Morgan fingerprint density at radius 2 is 2.00 bits per heavy atom. The lowest BCUT2D eigenvalue weighted by Crippen LogP contribution is -2.15. The molecule has 0 aliphatic carbocycles. The molecule has 2 rings (SSSR count). The Hall–Kier alpha value is -2.70. The Morgan fingerprint density at radius 1 is 1.33 bits per heavy atom. The van der Waals surface area contributed by atoms with Crippen molar-refractivity contribution in [2.75, 3.05) is 5.32 Å². The Morgan fingerprint density at radius 3 is 2.61 bits per heavy atom. The van der Waals surface area contributed by atoms with Crippen molar-refractivity contribution in [3.63, 3.8) is 0 Å². The van der Waals surface area contributed by atoms with Crippen LogP contribution in [-0.4, -0.2) is 21.1 Å². The van der Waals surface area contributed by atoms with Crippen LogP contribution in [0.1, 0.15) is 16.1 Å². The number of amides is 1. The van der Waals surface area contributed by atoms with Gasteiger partial charge in [-0.05, 0) is 31.2 Å². The molecule has 1 aromatic heterocycles. The third-order valence-electron chi connectivity index (χ3n) is 2.31. The molecule has 92 valence electrons. The summed E-state index contributed by atoms with van der Waals surface area (Å²) in [5.41, 5.74) is 6.26. The van der Waals surface area contributed by atoms with Crippen molar-refractivity contribution in [3.8, 4) is 0 Å². The number of anilines is 2. The zero-order chi connectivity index (χ0) is 13.1. The number of nitrogens with zero attached hydrogens (tertiary/aromatic N) is 2. The number of H-pyrrole nitrogens is 1. The maximum absolute atomic E-state index is 11.0. The van der Waals surface area contributed by atoms with Gasteiger partial charge in [-0.25, -0.2) is 9.89 Å². The van der Waals surface area contributed by atoms with Crippen LogP contribution in [0.5, 0.6) is 0 Å². The summed E-state index contributed by atoms with van der Waals surface area (Å²) in [6.07, 6.45) is 0. The number of carbonyl (C=O) groups excluding carboxylic acids is 1. The summed E-state index contributed by atoms with van der Waals surface area (Å²) in [4.78, 5) is 25.7. The molecule has 0 radical (unpaired) electrons. The minimum Gasteiger partial charge on any atom is -0.366 e. The maximum Gasteiger partial charge on any atom is 0.363 e. The van der Waals surface area contributed by atoms with Crippen LogP contribution in [0.25, 0.3) is 0 Å². The molecule has 0 bridgehead atoms. The molecule has 1 aromatic carbocycles. The van der Waals surface area contributed by atoms with E-state index in [9.17, 15) is 9.59 Å². The lowest BCUT2D eigenvalue weighted by Gasteiger charge is -2.06. The van der Waals surface area contributed by atoms with E-state index in [1.165, 1.54) is 0 Å². The number of benzene rings is 1. The van der Waals surface area contributed by atoms with Crippen LogP contribution in [0.2, 0.25) is 0 Å². The summed E-state index contributed by atoms with van der Waals surface area (Å²) in [7, 11) is 0. The summed E-state index contributed by atoms with van der Waals surface area (Å²) >= 11 is 0. The lowest BCUT2D eigenvalue weighted by molar-refractivity contribution is 0.100. The summed E-state index contributed by atoms with van der Waals surface area (Å²) in [6.45, 7) is 1.71. The van der Waals surface area contributed by atoms with Gasteiger partial charge in [-0.1, -0.05) is 0 Å². The van der Waals surface area contributed by atoms with Gasteiger partial charge in [0, 0.05) is 11.3 Å². The van der Waals surface area contributed by atoms with Gasteiger partial charge in [-0.2, -0.15) is 10.1 Å². The largest absolute Gasteiger partial charge is 0.366 e. The number of carbonyl (C=O) groups is 1. The van der Waals surface area contributed by atoms with E-state index in [0.29, 0.717) is 22.8 Å². The van der Waals surface area contributed by atoms with Gasteiger partial charge in [0.05, 0.1) is 0 Å². The number of aryl methyl sites for hydroxylation is 1. The molecular weight excluding hydrogens is 234 g/mol. The maximum atomic E-state index is 11.0. The van der Waals surface area contributed by atoms with Gasteiger partial charge in [-0.15, -0.1) is 0 Å². The Balaban J connectivity index is 2.26.